The van der Waals surface area contributed by atoms with E-state index in [-0.39, 0.29) is 17.2 Å². The Bertz CT molecular complexity index is 566. The van der Waals surface area contributed by atoms with Crippen LogP contribution in [0.2, 0.25) is 0 Å². The van der Waals surface area contributed by atoms with Crippen LogP contribution in [0, 0.1) is 0 Å². The monoisotopic (exact) mass is 231 g/mol. The Morgan fingerprint density at radius 1 is 1.24 bits per heavy atom. The lowest BCUT2D eigenvalue weighted by molar-refractivity contribution is -0.0758. The van der Waals surface area contributed by atoms with Gasteiger partial charge in [0, 0.05) is 12.4 Å². The van der Waals surface area contributed by atoms with E-state index >= 15 is 0 Å². The Labute approximate surface area is 99.0 Å². The summed E-state index contributed by atoms with van der Waals surface area (Å²) in [4.78, 5) is 16.7. The van der Waals surface area contributed by atoms with Gasteiger partial charge in [0.15, 0.2) is 0 Å². The second-order valence-electron chi connectivity index (χ2n) is 3.67. The van der Waals surface area contributed by atoms with Crippen molar-refractivity contribution in [2.24, 2.45) is 0 Å². The Morgan fingerprint density at radius 3 is 2.65 bits per heavy atom. The number of hydrogen-bond acceptors (Lipinski definition) is 3. The lowest BCUT2D eigenvalue weighted by Crippen LogP contribution is -2.25. The molecule has 1 amide bonds. The van der Waals surface area contributed by atoms with Crippen molar-refractivity contribution in [3.63, 3.8) is 0 Å². The highest BCUT2D eigenvalue weighted by atomic mass is 16.7. The van der Waals surface area contributed by atoms with E-state index in [2.05, 4.69) is 0 Å². The van der Waals surface area contributed by atoms with Crippen molar-refractivity contribution >= 4 is 16.7 Å². The summed E-state index contributed by atoms with van der Waals surface area (Å²) in [5, 5.41) is 12.7. The minimum atomic E-state index is -0.379. The molecule has 0 bridgehead atoms. The maximum atomic E-state index is 11.9. The predicted octanol–water partition coefficient (Wildman–Crippen LogP) is 2.18. The van der Waals surface area contributed by atoms with Gasteiger partial charge in [-0.2, -0.15) is 0 Å². The highest BCUT2D eigenvalue weighted by molar-refractivity contribution is 6.03. The molecule has 4 nitrogen and oxygen atoms in total. The first kappa shape index (κ1) is 11.4. The van der Waals surface area contributed by atoms with Gasteiger partial charge in [0.1, 0.15) is 5.75 Å². The number of nitrogens with zero attached hydrogens (tertiary/aromatic N) is 1. The molecule has 2 aromatic carbocycles. The summed E-state index contributed by atoms with van der Waals surface area (Å²) in [7, 11) is 2.90. The molecule has 0 fully saturated rings. The Morgan fingerprint density at radius 2 is 1.94 bits per heavy atom. The van der Waals surface area contributed by atoms with Crippen molar-refractivity contribution in [3.05, 3.63) is 42.0 Å². The van der Waals surface area contributed by atoms with Gasteiger partial charge >= 0.3 is 0 Å². The fourth-order valence-electron chi connectivity index (χ4n) is 1.68. The number of benzene rings is 2. The average molecular weight is 231 g/mol. The van der Waals surface area contributed by atoms with Crippen LogP contribution in [-0.2, 0) is 4.84 Å². The smallest absolute Gasteiger partial charge is 0.280 e. The third kappa shape index (κ3) is 1.94. The van der Waals surface area contributed by atoms with Gasteiger partial charge in [-0.05, 0) is 11.5 Å². The minimum Gasteiger partial charge on any atom is -0.506 e. The van der Waals surface area contributed by atoms with Crippen LogP contribution in [0.3, 0.4) is 0 Å². The van der Waals surface area contributed by atoms with Crippen molar-refractivity contribution < 1.29 is 14.7 Å². The van der Waals surface area contributed by atoms with E-state index in [0.717, 1.165) is 10.4 Å². The zero-order valence-electron chi connectivity index (χ0n) is 9.68. The molecule has 0 radical (unpaired) electrons. The summed E-state index contributed by atoms with van der Waals surface area (Å²) in [5.74, 6) is -0.396. The quantitative estimate of drug-likeness (QED) is 0.806. The lowest BCUT2D eigenvalue weighted by Gasteiger charge is -2.15. The molecule has 0 aliphatic carbocycles. The molecular weight excluding hydrogens is 218 g/mol. The van der Waals surface area contributed by atoms with Gasteiger partial charge < -0.3 is 5.11 Å². The first-order valence-electron chi connectivity index (χ1n) is 5.18. The van der Waals surface area contributed by atoms with Gasteiger partial charge in [0.05, 0.1) is 12.7 Å². The van der Waals surface area contributed by atoms with Crippen LogP contribution >= 0.6 is 0 Å². The topological polar surface area (TPSA) is 49.8 Å². The maximum absolute atomic E-state index is 11.9. The molecular formula is C13H13NO3. The van der Waals surface area contributed by atoms with Gasteiger partial charge in [0.25, 0.3) is 5.91 Å². The van der Waals surface area contributed by atoms with Gasteiger partial charge in [-0.15, -0.1) is 0 Å². The van der Waals surface area contributed by atoms with Crippen molar-refractivity contribution in [2.75, 3.05) is 14.2 Å². The summed E-state index contributed by atoms with van der Waals surface area (Å²) in [5.41, 5.74) is 0.230. The molecule has 17 heavy (non-hydrogen) atoms. The van der Waals surface area contributed by atoms with E-state index in [1.165, 1.54) is 14.2 Å². The Kier molecular flexibility index (Phi) is 2.97. The van der Waals surface area contributed by atoms with E-state index in [9.17, 15) is 9.90 Å². The molecule has 0 unspecified atom stereocenters. The highest BCUT2D eigenvalue weighted by Gasteiger charge is 2.17. The normalized spacial score (nSPS) is 10.5. The number of phenolic OH excluding ortho intramolecular Hbond substituents is 1. The number of aromatic hydroxyl groups is 1. The molecule has 0 heterocycles. The standard InChI is InChI=1S/C13H13NO3/c1-14(17-2)13(16)11-8-7-9-5-3-4-6-10(9)12(11)15/h3-8,15H,1-2H3. The number of fused-ring (bicyclic) bond motifs is 1. The SMILES string of the molecule is CON(C)C(=O)c1ccc2ccccc2c1O. The number of rotatable bonds is 2. The first-order chi connectivity index (χ1) is 8.15. The van der Waals surface area contributed by atoms with Gasteiger partial charge in [-0.3, -0.25) is 9.63 Å². The highest BCUT2D eigenvalue weighted by Crippen LogP contribution is 2.29. The van der Waals surface area contributed by atoms with Crippen LogP contribution in [0.5, 0.6) is 5.75 Å². The zero-order valence-corrected chi connectivity index (χ0v) is 9.68. The molecule has 4 heteroatoms. The number of hydroxylamine groups is 2. The number of hydrogen-bond donors (Lipinski definition) is 1. The summed E-state index contributed by atoms with van der Waals surface area (Å²) in [6.07, 6.45) is 0. The van der Waals surface area contributed by atoms with Gasteiger partial charge in [0.2, 0.25) is 0 Å². The van der Waals surface area contributed by atoms with Crippen molar-refractivity contribution in [2.45, 2.75) is 0 Å². The summed E-state index contributed by atoms with van der Waals surface area (Å²) in [6, 6.07) is 10.7. The molecule has 2 aromatic rings. The molecule has 0 aliphatic rings. The van der Waals surface area contributed by atoms with Crippen LogP contribution in [0.25, 0.3) is 10.8 Å². The van der Waals surface area contributed by atoms with Crippen molar-refractivity contribution in [3.8, 4) is 5.75 Å². The van der Waals surface area contributed by atoms with Crippen LogP contribution in [0.4, 0.5) is 0 Å². The summed E-state index contributed by atoms with van der Waals surface area (Å²) < 4.78 is 0. The number of phenols is 1. The van der Waals surface area contributed by atoms with Crippen molar-refractivity contribution in [1.29, 1.82) is 0 Å². The largest absolute Gasteiger partial charge is 0.506 e. The molecule has 0 aliphatic heterocycles. The third-order valence-corrected chi connectivity index (χ3v) is 2.69. The number of amides is 1. The zero-order chi connectivity index (χ0) is 12.4. The van der Waals surface area contributed by atoms with E-state index in [0.29, 0.717) is 5.39 Å². The van der Waals surface area contributed by atoms with Crippen LogP contribution < -0.4 is 0 Å². The molecule has 0 saturated heterocycles. The fourth-order valence-corrected chi connectivity index (χ4v) is 1.68. The first-order valence-corrected chi connectivity index (χ1v) is 5.18. The minimum absolute atomic E-state index is 0.0167. The molecule has 0 saturated carbocycles. The third-order valence-electron chi connectivity index (χ3n) is 2.69. The average Bonchev–Trinajstić information content (AvgIpc) is 2.38. The van der Waals surface area contributed by atoms with Crippen molar-refractivity contribution in [1.82, 2.24) is 5.06 Å². The molecule has 1 N–H and O–H groups in total. The Hall–Kier alpha value is -2.07. The number of carbonyl (C=O) groups excluding carboxylic acids is 1. The van der Waals surface area contributed by atoms with E-state index in [4.69, 9.17) is 4.84 Å². The van der Waals surface area contributed by atoms with Crippen LogP contribution in [0.15, 0.2) is 36.4 Å². The maximum Gasteiger partial charge on any atom is 0.280 e. The summed E-state index contributed by atoms with van der Waals surface area (Å²) >= 11 is 0. The number of carbonyl (C=O) groups is 1. The molecule has 0 atom stereocenters. The van der Waals surface area contributed by atoms with Gasteiger partial charge in [-0.1, -0.05) is 30.3 Å². The van der Waals surface area contributed by atoms with E-state index in [1.807, 2.05) is 18.2 Å². The van der Waals surface area contributed by atoms with E-state index < -0.39 is 0 Å². The Balaban J connectivity index is 2.56. The van der Waals surface area contributed by atoms with Crippen LogP contribution in [0.1, 0.15) is 10.4 Å². The predicted molar refractivity (Wildman–Crippen MR) is 64.7 cm³/mol. The molecule has 0 spiro atoms. The molecule has 88 valence electrons. The molecule has 2 rings (SSSR count). The second-order valence-corrected chi connectivity index (χ2v) is 3.67. The fraction of sp³-hybridized carbons (Fsp3) is 0.154. The second kappa shape index (κ2) is 4.43. The lowest BCUT2D eigenvalue weighted by atomic mass is 10.0. The van der Waals surface area contributed by atoms with E-state index in [1.54, 1.807) is 18.2 Å². The molecule has 0 aromatic heterocycles. The summed E-state index contributed by atoms with van der Waals surface area (Å²) in [6.45, 7) is 0. The van der Waals surface area contributed by atoms with Crippen LogP contribution in [-0.4, -0.2) is 30.2 Å². The van der Waals surface area contributed by atoms with Gasteiger partial charge in [-0.25, -0.2) is 5.06 Å².